The predicted molar refractivity (Wildman–Crippen MR) is 81.6 cm³/mol. The summed E-state index contributed by atoms with van der Waals surface area (Å²) in [7, 11) is -10.7. The third kappa shape index (κ3) is 5.46. The Bertz CT molecular complexity index is 1060. The van der Waals surface area contributed by atoms with Crippen LogP contribution in [-0.4, -0.2) is 25.9 Å². The topological polar surface area (TPSA) is 114 Å². The third-order valence-corrected chi connectivity index (χ3v) is 5.57. The van der Waals surface area contributed by atoms with Crippen molar-refractivity contribution >= 4 is 20.2 Å². The van der Waals surface area contributed by atoms with E-state index < -0.39 is 71.1 Å². The molecule has 6 nitrogen and oxygen atoms in total. The summed E-state index contributed by atoms with van der Waals surface area (Å²) in [4.78, 5) is -2.39. The van der Waals surface area contributed by atoms with Crippen molar-refractivity contribution < 1.29 is 52.3 Å². The van der Waals surface area contributed by atoms with Gasteiger partial charge in [0.15, 0.2) is 0 Å². The summed E-state index contributed by atoms with van der Waals surface area (Å²) in [5.41, 5.74) is -4.70. The second-order valence-electron chi connectivity index (χ2n) is 5.73. The highest BCUT2D eigenvalue weighted by Gasteiger charge is 2.33. The highest BCUT2D eigenvalue weighted by molar-refractivity contribution is 7.86. The molecule has 0 heterocycles. The third-order valence-electron chi connectivity index (χ3n) is 3.70. The molecule has 29 heavy (non-hydrogen) atoms. The SMILES string of the molecule is O=S(=O)([O-])c1ccc(C(F)(F)F)cc1Cc1cc(C(F)(F)F)ccc1S(=O)(=O)[O-]. The molecule has 0 aliphatic heterocycles. The lowest BCUT2D eigenvalue weighted by Gasteiger charge is -2.19. The van der Waals surface area contributed by atoms with Crippen LogP contribution in [0.2, 0.25) is 0 Å². The molecule has 160 valence electrons. The highest BCUT2D eigenvalue weighted by atomic mass is 32.2. The van der Waals surface area contributed by atoms with Crippen LogP contribution in [0.3, 0.4) is 0 Å². The fourth-order valence-corrected chi connectivity index (χ4v) is 3.85. The Morgan fingerprint density at radius 1 is 0.655 bits per heavy atom. The van der Waals surface area contributed by atoms with Crippen LogP contribution in [-0.2, 0) is 39.0 Å². The molecule has 0 fully saturated rings. The Morgan fingerprint density at radius 3 is 1.21 bits per heavy atom. The van der Waals surface area contributed by atoms with Crippen molar-refractivity contribution in [3.63, 3.8) is 0 Å². The molecule has 2 rings (SSSR count). The molecule has 0 saturated carbocycles. The van der Waals surface area contributed by atoms with E-state index >= 15 is 0 Å². The number of hydrogen-bond acceptors (Lipinski definition) is 6. The highest BCUT2D eigenvalue weighted by Crippen LogP contribution is 2.35. The minimum absolute atomic E-state index is 0.187. The lowest BCUT2D eigenvalue weighted by Crippen LogP contribution is -2.13. The molecule has 0 amide bonds. The van der Waals surface area contributed by atoms with Gasteiger partial charge in [-0.25, -0.2) is 16.8 Å². The van der Waals surface area contributed by atoms with Crippen LogP contribution in [0.4, 0.5) is 26.3 Å². The summed E-state index contributed by atoms with van der Waals surface area (Å²) in [6.07, 6.45) is -11.2. The molecule has 0 aliphatic rings. The molecule has 2 aromatic rings. The molecule has 0 unspecified atom stereocenters. The summed E-state index contributed by atoms with van der Waals surface area (Å²) in [5.74, 6) is 0. The van der Waals surface area contributed by atoms with E-state index in [2.05, 4.69) is 0 Å². The van der Waals surface area contributed by atoms with Gasteiger partial charge >= 0.3 is 12.4 Å². The molecule has 0 bridgehead atoms. The molecule has 0 atom stereocenters. The molecule has 2 aromatic carbocycles. The van der Waals surface area contributed by atoms with Gasteiger partial charge in [-0.2, -0.15) is 26.3 Å². The first-order valence-corrected chi connectivity index (χ1v) is 10.0. The fourth-order valence-electron chi connectivity index (χ4n) is 2.48. The Balaban J connectivity index is 2.78. The standard InChI is InChI=1S/C15H10F6O6S2/c16-14(17,18)10-1-3-12(28(22,23)24)8(6-10)5-9-7-11(15(19,20)21)2-4-13(9)29(25,26)27/h1-4,6-7H,5H2,(H,22,23,24)(H,25,26,27)/p-2. The minimum Gasteiger partial charge on any atom is -0.744 e. The van der Waals surface area contributed by atoms with Gasteiger partial charge in [0, 0.05) is 0 Å². The van der Waals surface area contributed by atoms with Crippen molar-refractivity contribution in [2.24, 2.45) is 0 Å². The van der Waals surface area contributed by atoms with E-state index in [4.69, 9.17) is 0 Å². The number of hydrogen-bond donors (Lipinski definition) is 0. The van der Waals surface area contributed by atoms with Gasteiger partial charge < -0.3 is 9.11 Å². The summed E-state index contributed by atoms with van der Waals surface area (Å²) >= 11 is 0. The Hall–Kier alpha value is -2.16. The van der Waals surface area contributed by atoms with Crippen LogP contribution in [0.5, 0.6) is 0 Å². The van der Waals surface area contributed by atoms with E-state index in [1.165, 1.54) is 0 Å². The zero-order valence-corrected chi connectivity index (χ0v) is 15.3. The zero-order valence-electron chi connectivity index (χ0n) is 13.7. The zero-order chi connectivity index (χ0) is 22.4. The fraction of sp³-hybridized carbons (Fsp3) is 0.200. The number of benzene rings is 2. The minimum atomic E-state index is -5.37. The molecule has 0 aliphatic carbocycles. The average molecular weight is 462 g/mol. The van der Waals surface area contributed by atoms with Crippen LogP contribution < -0.4 is 0 Å². The van der Waals surface area contributed by atoms with E-state index in [9.17, 15) is 52.3 Å². The Morgan fingerprint density at radius 2 is 0.966 bits per heavy atom. The first-order chi connectivity index (χ1) is 12.9. The maximum absolute atomic E-state index is 12.9. The molecular weight excluding hydrogens is 454 g/mol. The van der Waals surface area contributed by atoms with Gasteiger partial charge in [-0.05, 0) is 53.9 Å². The molecule has 0 aromatic heterocycles. The van der Waals surface area contributed by atoms with Crippen molar-refractivity contribution in [2.45, 2.75) is 28.6 Å². The molecule has 14 heteroatoms. The molecule has 0 spiro atoms. The first-order valence-electron chi connectivity index (χ1n) is 7.23. The van der Waals surface area contributed by atoms with E-state index in [0.717, 1.165) is 0 Å². The number of rotatable bonds is 4. The van der Waals surface area contributed by atoms with Crippen LogP contribution >= 0.6 is 0 Å². The summed E-state index contributed by atoms with van der Waals surface area (Å²) < 4.78 is 145. The van der Waals surface area contributed by atoms with E-state index in [1.807, 2.05) is 0 Å². The van der Waals surface area contributed by atoms with E-state index in [0.29, 0.717) is 12.1 Å². The normalized spacial score (nSPS) is 13.5. The smallest absolute Gasteiger partial charge is 0.416 e. The van der Waals surface area contributed by atoms with Gasteiger partial charge in [0.2, 0.25) is 0 Å². The summed E-state index contributed by atoms with van der Waals surface area (Å²) in [6, 6.07) is 1.52. The number of alkyl halides is 6. The van der Waals surface area contributed by atoms with Crippen molar-refractivity contribution in [1.29, 1.82) is 0 Å². The monoisotopic (exact) mass is 462 g/mol. The second-order valence-corrected chi connectivity index (χ2v) is 8.42. The quantitative estimate of drug-likeness (QED) is 0.510. The average Bonchev–Trinajstić information content (AvgIpc) is 2.51. The number of halogens is 6. The van der Waals surface area contributed by atoms with E-state index in [1.54, 1.807) is 0 Å². The van der Waals surface area contributed by atoms with Crippen molar-refractivity contribution in [3.05, 3.63) is 58.7 Å². The van der Waals surface area contributed by atoms with Crippen LogP contribution in [0, 0.1) is 0 Å². The van der Waals surface area contributed by atoms with Crippen molar-refractivity contribution in [1.82, 2.24) is 0 Å². The van der Waals surface area contributed by atoms with Gasteiger partial charge in [0.25, 0.3) is 0 Å². The largest absolute Gasteiger partial charge is 0.744 e. The lowest BCUT2D eigenvalue weighted by molar-refractivity contribution is -0.138. The van der Waals surface area contributed by atoms with Gasteiger partial charge in [-0.15, -0.1) is 0 Å². The van der Waals surface area contributed by atoms with Gasteiger partial charge in [0.1, 0.15) is 20.2 Å². The van der Waals surface area contributed by atoms with Crippen LogP contribution in [0.25, 0.3) is 0 Å². The molecular formula is C15H8F6O6S2-2. The Kier molecular flexibility index (Phi) is 5.79. The maximum atomic E-state index is 12.9. The lowest BCUT2D eigenvalue weighted by atomic mass is 10.0. The second kappa shape index (κ2) is 7.27. The van der Waals surface area contributed by atoms with E-state index in [-0.39, 0.29) is 24.3 Å². The Labute approximate surface area is 160 Å². The van der Waals surface area contributed by atoms with Gasteiger partial charge in [-0.3, -0.25) is 0 Å². The molecule has 0 N–H and O–H groups in total. The van der Waals surface area contributed by atoms with Crippen LogP contribution in [0.15, 0.2) is 46.2 Å². The van der Waals surface area contributed by atoms with Gasteiger partial charge in [-0.1, -0.05) is 0 Å². The van der Waals surface area contributed by atoms with Crippen LogP contribution in [0.1, 0.15) is 22.3 Å². The summed E-state index contributed by atoms with van der Waals surface area (Å²) in [6.45, 7) is 0. The van der Waals surface area contributed by atoms with Gasteiger partial charge in [0.05, 0.1) is 20.9 Å². The molecule has 0 saturated heterocycles. The van der Waals surface area contributed by atoms with Crippen molar-refractivity contribution in [2.75, 3.05) is 0 Å². The maximum Gasteiger partial charge on any atom is 0.416 e. The molecule has 0 radical (unpaired) electrons. The summed E-state index contributed by atoms with van der Waals surface area (Å²) in [5, 5.41) is 0. The van der Waals surface area contributed by atoms with Crippen molar-refractivity contribution in [3.8, 4) is 0 Å². The predicted octanol–water partition coefficient (Wildman–Crippen LogP) is 3.12. The first kappa shape index (κ1) is 23.1.